The summed E-state index contributed by atoms with van der Waals surface area (Å²) < 4.78 is 0. The summed E-state index contributed by atoms with van der Waals surface area (Å²) >= 11 is 0. The van der Waals surface area contributed by atoms with E-state index in [4.69, 9.17) is 15.0 Å². The number of aromatic nitrogens is 3. The number of nitriles is 1. The quantitative estimate of drug-likeness (QED) is 0.186. The van der Waals surface area contributed by atoms with Gasteiger partial charge in [-0.1, -0.05) is 103 Å². The van der Waals surface area contributed by atoms with Crippen molar-refractivity contribution in [3.63, 3.8) is 0 Å². The van der Waals surface area contributed by atoms with Gasteiger partial charge in [-0.05, 0) is 114 Å². The molecule has 0 saturated heterocycles. The van der Waals surface area contributed by atoms with Gasteiger partial charge < -0.3 is 0 Å². The van der Waals surface area contributed by atoms with E-state index in [9.17, 15) is 5.26 Å². The van der Waals surface area contributed by atoms with Crippen molar-refractivity contribution in [3.05, 3.63) is 139 Å². The van der Waals surface area contributed by atoms with Crippen LogP contribution in [0.4, 0.5) is 0 Å². The minimum atomic E-state index is 0.355. The zero-order valence-electron chi connectivity index (χ0n) is 26.9. The van der Waals surface area contributed by atoms with E-state index in [0.717, 1.165) is 56.7 Å². The first kappa shape index (κ1) is 28.8. The smallest absolute Gasteiger partial charge is 0.164 e. The van der Waals surface area contributed by atoms with Gasteiger partial charge in [0.05, 0.1) is 11.6 Å². The largest absolute Gasteiger partial charge is 0.208 e. The first-order valence-corrected chi connectivity index (χ1v) is 17.3. The fourth-order valence-electron chi connectivity index (χ4n) is 9.29. The highest BCUT2D eigenvalue weighted by atomic mass is 15.0. The molecule has 0 radical (unpaired) electrons. The van der Waals surface area contributed by atoms with Gasteiger partial charge >= 0.3 is 0 Å². The number of hydrogen-bond acceptors (Lipinski definition) is 4. The van der Waals surface area contributed by atoms with Crippen LogP contribution >= 0.6 is 0 Å². The number of nitrogens with zero attached hydrogens (tertiary/aromatic N) is 4. The molecule has 1 aromatic heterocycles. The fourth-order valence-corrected chi connectivity index (χ4v) is 9.29. The highest BCUT2D eigenvalue weighted by Crippen LogP contribution is 2.60. The third kappa shape index (κ3) is 5.20. The SMILES string of the molecule is N#Cc1ccc(-c2ccc(-c3nc(-c4ccccc4)nc(-c4ccc(C56CC7C[C@H](C5)C[C@@H](C7)C6)cc4)n3)c(-c3ccccc3)c2)cc1. The van der Waals surface area contributed by atoms with Crippen LogP contribution in [0.2, 0.25) is 0 Å². The van der Waals surface area contributed by atoms with Crippen LogP contribution in [0.3, 0.4) is 0 Å². The van der Waals surface area contributed by atoms with Gasteiger partial charge in [-0.25, -0.2) is 15.0 Å². The Morgan fingerprint density at radius 3 is 1.56 bits per heavy atom. The Hall–Kier alpha value is -5.40. The molecule has 48 heavy (non-hydrogen) atoms. The zero-order valence-corrected chi connectivity index (χ0v) is 26.9. The summed E-state index contributed by atoms with van der Waals surface area (Å²) in [4.78, 5) is 15.3. The van der Waals surface area contributed by atoms with Crippen molar-refractivity contribution in [2.45, 2.75) is 43.9 Å². The molecule has 6 aromatic rings. The molecule has 1 heterocycles. The van der Waals surface area contributed by atoms with E-state index in [-0.39, 0.29) is 0 Å². The third-order valence-corrected chi connectivity index (χ3v) is 11.2. The van der Waals surface area contributed by atoms with Gasteiger partial charge in [0, 0.05) is 16.7 Å². The molecule has 0 atom stereocenters. The standard InChI is InChI=1S/C44H36N4/c45-28-29-11-13-33(14-12-29)37-17-20-39(40(24-37)34-7-3-1-4-8-34)43-47-41(35-9-5-2-6-10-35)46-42(48-43)36-15-18-38(19-16-36)44-25-30-21-31(26-44)23-32(22-30)27-44/h1-20,24,30-32H,21-23,25-27H2/t30-,31+,32?,44?. The molecular weight excluding hydrogens is 585 g/mol. The molecule has 4 saturated carbocycles. The molecule has 4 aliphatic carbocycles. The molecule has 10 rings (SSSR count). The fraction of sp³-hybridized carbons (Fsp3) is 0.227. The van der Waals surface area contributed by atoms with Crippen molar-refractivity contribution in [2.75, 3.05) is 0 Å². The van der Waals surface area contributed by atoms with Gasteiger partial charge in [-0.3, -0.25) is 0 Å². The predicted octanol–water partition coefficient (Wildman–Crippen LogP) is 10.5. The summed E-state index contributed by atoms with van der Waals surface area (Å²) in [7, 11) is 0. The van der Waals surface area contributed by atoms with E-state index in [1.165, 1.54) is 44.1 Å². The third-order valence-electron chi connectivity index (χ3n) is 11.2. The second kappa shape index (κ2) is 11.7. The summed E-state index contributed by atoms with van der Waals surface area (Å²) in [6.45, 7) is 0. The maximum atomic E-state index is 9.31. The molecule has 4 fully saturated rings. The first-order chi connectivity index (χ1) is 23.6. The van der Waals surface area contributed by atoms with Crippen molar-refractivity contribution < 1.29 is 0 Å². The Bertz CT molecular complexity index is 2110. The van der Waals surface area contributed by atoms with Gasteiger partial charge in [0.15, 0.2) is 17.5 Å². The second-order valence-corrected chi connectivity index (χ2v) is 14.3. The topological polar surface area (TPSA) is 62.5 Å². The minimum Gasteiger partial charge on any atom is -0.208 e. The number of benzene rings is 5. The van der Waals surface area contributed by atoms with Crippen molar-refractivity contribution >= 4 is 0 Å². The Labute approximate surface area is 282 Å². The van der Waals surface area contributed by atoms with Gasteiger partial charge in [0.25, 0.3) is 0 Å². The van der Waals surface area contributed by atoms with Crippen molar-refractivity contribution in [1.82, 2.24) is 15.0 Å². The van der Waals surface area contributed by atoms with Crippen molar-refractivity contribution in [1.29, 1.82) is 5.26 Å². The van der Waals surface area contributed by atoms with Gasteiger partial charge in [0.2, 0.25) is 0 Å². The van der Waals surface area contributed by atoms with Crippen molar-refractivity contribution in [3.8, 4) is 62.5 Å². The Morgan fingerprint density at radius 1 is 0.479 bits per heavy atom. The molecule has 4 heteroatoms. The minimum absolute atomic E-state index is 0.355. The number of rotatable bonds is 6. The molecule has 4 aliphatic rings. The Balaban J connectivity index is 1.15. The molecule has 5 aromatic carbocycles. The number of hydrogen-bond donors (Lipinski definition) is 0. The molecule has 4 bridgehead atoms. The zero-order chi connectivity index (χ0) is 32.1. The summed E-state index contributed by atoms with van der Waals surface area (Å²) in [6, 6.07) is 46.3. The monoisotopic (exact) mass is 620 g/mol. The first-order valence-electron chi connectivity index (χ1n) is 17.3. The molecule has 0 amide bonds. The van der Waals surface area contributed by atoms with E-state index >= 15 is 0 Å². The van der Waals surface area contributed by atoms with Crippen LogP contribution in [0.25, 0.3) is 56.4 Å². The Kier molecular flexibility index (Phi) is 7.01. The van der Waals surface area contributed by atoms with Crippen LogP contribution in [-0.4, -0.2) is 15.0 Å². The molecular formula is C44H36N4. The molecule has 0 N–H and O–H groups in total. The normalized spacial score (nSPS) is 22.4. The Morgan fingerprint density at radius 2 is 0.979 bits per heavy atom. The second-order valence-electron chi connectivity index (χ2n) is 14.3. The van der Waals surface area contributed by atoms with Crippen LogP contribution in [0.15, 0.2) is 127 Å². The van der Waals surface area contributed by atoms with Crippen LogP contribution in [0.1, 0.15) is 49.7 Å². The maximum Gasteiger partial charge on any atom is 0.164 e. The van der Waals surface area contributed by atoms with Crippen LogP contribution in [0, 0.1) is 29.1 Å². The highest BCUT2D eigenvalue weighted by molar-refractivity contribution is 5.86. The highest BCUT2D eigenvalue weighted by Gasteiger charge is 2.51. The van der Waals surface area contributed by atoms with E-state index in [0.29, 0.717) is 28.5 Å². The molecule has 0 unspecified atom stereocenters. The lowest BCUT2D eigenvalue weighted by Crippen LogP contribution is -2.48. The van der Waals surface area contributed by atoms with E-state index in [2.05, 4.69) is 84.9 Å². The van der Waals surface area contributed by atoms with E-state index < -0.39 is 0 Å². The average molecular weight is 621 g/mol. The lowest BCUT2D eigenvalue weighted by Gasteiger charge is -2.57. The van der Waals surface area contributed by atoms with Crippen LogP contribution in [-0.2, 0) is 5.41 Å². The van der Waals surface area contributed by atoms with Gasteiger partial charge in [-0.15, -0.1) is 0 Å². The molecule has 4 nitrogen and oxygen atoms in total. The van der Waals surface area contributed by atoms with Crippen LogP contribution < -0.4 is 0 Å². The summed E-state index contributed by atoms with van der Waals surface area (Å²) in [6.07, 6.45) is 8.42. The predicted molar refractivity (Wildman–Crippen MR) is 192 cm³/mol. The maximum absolute atomic E-state index is 9.31. The lowest BCUT2D eigenvalue weighted by atomic mass is 9.48. The molecule has 0 aliphatic heterocycles. The van der Waals surface area contributed by atoms with E-state index in [1.807, 2.05) is 48.5 Å². The van der Waals surface area contributed by atoms with Crippen LogP contribution in [0.5, 0.6) is 0 Å². The average Bonchev–Trinajstić information content (AvgIpc) is 3.15. The summed E-state index contributed by atoms with van der Waals surface area (Å²) in [5.41, 5.74) is 9.69. The molecule has 0 spiro atoms. The van der Waals surface area contributed by atoms with Gasteiger partial charge in [0.1, 0.15) is 0 Å². The summed E-state index contributed by atoms with van der Waals surface area (Å²) in [5.74, 6) is 4.74. The van der Waals surface area contributed by atoms with Gasteiger partial charge in [-0.2, -0.15) is 5.26 Å². The molecule has 232 valence electrons. The van der Waals surface area contributed by atoms with Crippen molar-refractivity contribution in [2.24, 2.45) is 17.8 Å². The summed E-state index contributed by atoms with van der Waals surface area (Å²) in [5, 5.41) is 9.31. The lowest BCUT2D eigenvalue weighted by molar-refractivity contribution is -0.00518. The van der Waals surface area contributed by atoms with E-state index in [1.54, 1.807) is 0 Å².